The maximum Gasteiger partial charge on any atom is 0.303 e. The molecule has 0 saturated heterocycles. The standard InChI is InChI=1S/C25H30N4O4/c1-16-13-18(9-11-21(16)32-2)19(15-24(30)31)14-23-28-22(29-33-23)7-3-6-20-10-8-17-5-4-12-26-25(17)27-20/h8-11,13,19H,3-7,12,14-15H2,1-2H3,(H,26,27)(H,30,31). The minimum Gasteiger partial charge on any atom is -0.496 e. The van der Waals surface area contributed by atoms with E-state index in [4.69, 9.17) is 14.2 Å². The molecule has 0 aliphatic carbocycles. The third-order valence-electron chi connectivity index (χ3n) is 6.03. The van der Waals surface area contributed by atoms with Crippen molar-refractivity contribution in [3.63, 3.8) is 0 Å². The smallest absolute Gasteiger partial charge is 0.303 e. The fourth-order valence-corrected chi connectivity index (χ4v) is 4.30. The molecule has 0 saturated carbocycles. The van der Waals surface area contributed by atoms with Crippen molar-refractivity contribution < 1.29 is 19.2 Å². The van der Waals surface area contributed by atoms with Crippen molar-refractivity contribution in [2.75, 3.05) is 19.0 Å². The zero-order valence-corrected chi connectivity index (χ0v) is 19.1. The quantitative estimate of drug-likeness (QED) is 0.475. The zero-order chi connectivity index (χ0) is 23.2. The Balaban J connectivity index is 1.36. The summed E-state index contributed by atoms with van der Waals surface area (Å²) in [6.45, 7) is 2.92. The van der Waals surface area contributed by atoms with Gasteiger partial charge in [-0.25, -0.2) is 4.98 Å². The molecule has 33 heavy (non-hydrogen) atoms. The van der Waals surface area contributed by atoms with Crippen LogP contribution in [-0.2, 0) is 30.5 Å². The molecule has 1 aromatic carbocycles. The number of ether oxygens (including phenoxy) is 1. The van der Waals surface area contributed by atoms with Crippen molar-refractivity contribution in [2.45, 2.75) is 57.8 Å². The number of nitrogens with one attached hydrogen (secondary N) is 1. The van der Waals surface area contributed by atoms with Crippen LogP contribution in [0.25, 0.3) is 0 Å². The monoisotopic (exact) mass is 450 g/mol. The Morgan fingerprint density at radius 3 is 2.91 bits per heavy atom. The van der Waals surface area contributed by atoms with Gasteiger partial charge in [0.05, 0.1) is 13.5 Å². The highest BCUT2D eigenvalue weighted by Crippen LogP contribution is 2.28. The molecule has 0 amide bonds. The summed E-state index contributed by atoms with van der Waals surface area (Å²) >= 11 is 0. The molecular weight excluding hydrogens is 420 g/mol. The van der Waals surface area contributed by atoms with Crippen LogP contribution in [0.4, 0.5) is 5.82 Å². The maximum absolute atomic E-state index is 11.5. The summed E-state index contributed by atoms with van der Waals surface area (Å²) in [5, 5.41) is 16.9. The number of hydrogen-bond donors (Lipinski definition) is 2. The molecule has 8 nitrogen and oxygen atoms in total. The van der Waals surface area contributed by atoms with Gasteiger partial charge in [-0.2, -0.15) is 4.98 Å². The van der Waals surface area contributed by atoms with Gasteiger partial charge in [0, 0.05) is 31.0 Å². The minimum atomic E-state index is -0.861. The lowest BCUT2D eigenvalue weighted by molar-refractivity contribution is -0.137. The van der Waals surface area contributed by atoms with Crippen molar-refractivity contribution >= 4 is 11.8 Å². The Labute approximate surface area is 193 Å². The van der Waals surface area contributed by atoms with Gasteiger partial charge in [0.15, 0.2) is 5.82 Å². The first-order chi connectivity index (χ1) is 16.0. The molecule has 1 aliphatic rings. The normalized spacial score (nSPS) is 13.8. The second-order valence-electron chi connectivity index (χ2n) is 8.53. The van der Waals surface area contributed by atoms with E-state index in [1.54, 1.807) is 7.11 Å². The van der Waals surface area contributed by atoms with Crippen molar-refractivity contribution in [3.8, 4) is 5.75 Å². The Morgan fingerprint density at radius 1 is 1.24 bits per heavy atom. The molecule has 3 heterocycles. The fourth-order valence-electron chi connectivity index (χ4n) is 4.30. The van der Waals surface area contributed by atoms with E-state index >= 15 is 0 Å². The first-order valence-corrected chi connectivity index (χ1v) is 11.4. The van der Waals surface area contributed by atoms with Crippen molar-refractivity contribution in [2.24, 2.45) is 0 Å². The Bertz CT molecular complexity index is 1110. The van der Waals surface area contributed by atoms with Gasteiger partial charge in [-0.15, -0.1) is 0 Å². The van der Waals surface area contributed by atoms with Gasteiger partial charge >= 0.3 is 5.97 Å². The molecule has 2 N–H and O–H groups in total. The first kappa shape index (κ1) is 22.8. The van der Waals surface area contributed by atoms with Crippen molar-refractivity contribution in [3.05, 3.63) is 64.4 Å². The number of benzene rings is 1. The third kappa shape index (κ3) is 5.88. The Morgan fingerprint density at radius 2 is 2.12 bits per heavy atom. The Hall–Kier alpha value is -3.42. The summed E-state index contributed by atoms with van der Waals surface area (Å²) in [6, 6.07) is 9.99. The number of nitrogens with zero attached hydrogens (tertiary/aromatic N) is 3. The van der Waals surface area contributed by atoms with Crippen LogP contribution in [0, 0.1) is 6.92 Å². The van der Waals surface area contributed by atoms with E-state index in [1.807, 2.05) is 25.1 Å². The van der Waals surface area contributed by atoms with Crippen LogP contribution in [0.1, 0.15) is 59.3 Å². The lowest BCUT2D eigenvalue weighted by Crippen LogP contribution is -2.14. The molecule has 8 heteroatoms. The topological polar surface area (TPSA) is 110 Å². The number of methoxy groups -OCH3 is 1. The average molecular weight is 451 g/mol. The summed E-state index contributed by atoms with van der Waals surface area (Å²) < 4.78 is 10.8. The predicted molar refractivity (Wildman–Crippen MR) is 124 cm³/mol. The zero-order valence-electron chi connectivity index (χ0n) is 19.1. The molecule has 3 aromatic rings. The summed E-state index contributed by atoms with van der Waals surface area (Å²) in [7, 11) is 1.62. The van der Waals surface area contributed by atoms with Gasteiger partial charge < -0.3 is 19.7 Å². The lowest BCUT2D eigenvalue weighted by atomic mass is 9.91. The highest BCUT2D eigenvalue weighted by atomic mass is 16.5. The number of aliphatic carboxylic acids is 1. The number of carbonyl (C=O) groups is 1. The van der Waals surface area contributed by atoms with E-state index in [-0.39, 0.29) is 12.3 Å². The molecule has 1 atom stereocenters. The van der Waals surface area contributed by atoms with Gasteiger partial charge in [-0.05, 0) is 61.4 Å². The first-order valence-electron chi connectivity index (χ1n) is 11.4. The number of aromatic nitrogens is 3. The number of aryl methyl sites for hydroxylation is 4. The number of rotatable bonds is 10. The molecule has 174 valence electrons. The minimum absolute atomic E-state index is 0.0124. The number of carboxylic acids is 1. The summed E-state index contributed by atoms with van der Waals surface area (Å²) in [4.78, 5) is 20.7. The largest absolute Gasteiger partial charge is 0.496 e. The van der Waals surface area contributed by atoms with Gasteiger partial charge in [0.1, 0.15) is 11.6 Å². The van der Waals surface area contributed by atoms with Crippen LogP contribution >= 0.6 is 0 Å². The molecule has 0 fully saturated rings. The fraction of sp³-hybridized carbons (Fsp3) is 0.440. The number of fused-ring (bicyclic) bond motifs is 1. The van der Waals surface area contributed by atoms with Gasteiger partial charge in [-0.1, -0.05) is 23.4 Å². The predicted octanol–water partition coefficient (Wildman–Crippen LogP) is 4.12. The van der Waals surface area contributed by atoms with Crippen LogP contribution in [0.15, 0.2) is 34.9 Å². The van der Waals surface area contributed by atoms with E-state index in [9.17, 15) is 9.90 Å². The van der Waals surface area contributed by atoms with E-state index in [0.29, 0.717) is 24.6 Å². The molecule has 0 spiro atoms. The average Bonchev–Trinajstić information content (AvgIpc) is 3.25. The summed E-state index contributed by atoms with van der Waals surface area (Å²) in [5.74, 6) is 1.77. The number of anilines is 1. The summed E-state index contributed by atoms with van der Waals surface area (Å²) in [6.07, 6.45) is 4.98. The van der Waals surface area contributed by atoms with Crippen LogP contribution in [0.3, 0.4) is 0 Å². The van der Waals surface area contributed by atoms with Crippen LogP contribution in [0.5, 0.6) is 5.75 Å². The van der Waals surface area contributed by atoms with Crippen LogP contribution < -0.4 is 10.1 Å². The molecule has 0 bridgehead atoms. The van der Waals surface area contributed by atoms with Gasteiger partial charge in [-0.3, -0.25) is 4.79 Å². The third-order valence-corrected chi connectivity index (χ3v) is 6.03. The molecule has 0 radical (unpaired) electrons. The maximum atomic E-state index is 11.5. The highest BCUT2D eigenvalue weighted by Gasteiger charge is 2.21. The van der Waals surface area contributed by atoms with E-state index in [0.717, 1.165) is 60.6 Å². The lowest BCUT2D eigenvalue weighted by Gasteiger charge is -2.17. The van der Waals surface area contributed by atoms with E-state index < -0.39 is 5.97 Å². The van der Waals surface area contributed by atoms with E-state index in [2.05, 4.69) is 27.6 Å². The Kier molecular flexibility index (Phi) is 7.22. The van der Waals surface area contributed by atoms with Crippen molar-refractivity contribution in [1.29, 1.82) is 0 Å². The molecule has 4 rings (SSSR count). The van der Waals surface area contributed by atoms with Gasteiger partial charge in [0.25, 0.3) is 0 Å². The molecule has 2 aromatic heterocycles. The number of carboxylic acid groups (broad SMARTS) is 1. The molecule has 1 aliphatic heterocycles. The molecule has 1 unspecified atom stereocenters. The second kappa shape index (κ2) is 10.5. The van der Waals surface area contributed by atoms with Gasteiger partial charge in [0.2, 0.25) is 5.89 Å². The van der Waals surface area contributed by atoms with Crippen LogP contribution in [-0.4, -0.2) is 39.9 Å². The highest BCUT2D eigenvalue weighted by molar-refractivity contribution is 5.68. The van der Waals surface area contributed by atoms with Crippen LogP contribution in [0.2, 0.25) is 0 Å². The molecular formula is C25H30N4O4. The second-order valence-corrected chi connectivity index (χ2v) is 8.53. The van der Waals surface area contributed by atoms with E-state index in [1.165, 1.54) is 5.56 Å². The SMILES string of the molecule is COc1ccc(C(CC(=O)O)Cc2nc(CCCc3ccc4c(n3)NCCC4)no2)cc1C. The number of hydrogen-bond acceptors (Lipinski definition) is 7. The summed E-state index contributed by atoms with van der Waals surface area (Å²) in [5.41, 5.74) is 4.23. The van der Waals surface area contributed by atoms with Crippen molar-refractivity contribution in [1.82, 2.24) is 15.1 Å². The number of pyridine rings is 1.